The fourth-order valence-corrected chi connectivity index (χ4v) is 10.9. The summed E-state index contributed by atoms with van der Waals surface area (Å²) in [4.78, 5) is 23.4. The van der Waals surface area contributed by atoms with Gasteiger partial charge in [0.15, 0.2) is 0 Å². The molecule has 0 aliphatic carbocycles. The Morgan fingerprint density at radius 3 is 1.12 bits per heavy atom. The van der Waals surface area contributed by atoms with Crippen LogP contribution in [0.15, 0.2) is 85.1 Å². The molecule has 0 aromatic carbocycles. The second-order valence-corrected chi connectivity index (χ2v) is 26.3. The van der Waals surface area contributed by atoms with Gasteiger partial charge in [0.05, 0.1) is 39.9 Å². The first kappa shape index (κ1) is 79.7. The minimum Gasteiger partial charge on any atom is -0.387 e. The highest BCUT2D eigenvalue weighted by atomic mass is 31.2. The molecule has 0 aromatic rings. The van der Waals surface area contributed by atoms with Crippen LogP contribution in [0.4, 0.5) is 0 Å². The molecule has 0 aliphatic heterocycles. The number of allylic oxidation sites excluding steroid dienone is 13. The molecule has 3 unspecified atom stereocenters. The van der Waals surface area contributed by atoms with E-state index in [1.807, 2.05) is 27.2 Å². The molecule has 9 heteroatoms. The minimum atomic E-state index is -4.37. The van der Waals surface area contributed by atoms with Gasteiger partial charge in [-0.3, -0.25) is 13.8 Å². The average molecular weight is 1170 g/mol. The van der Waals surface area contributed by atoms with E-state index in [4.69, 9.17) is 9.05 Å². The number of amides is 1. The summed E-state index contributed by atoms with van der Waals surface area (Å²) >= 11 is 0. The van der Waals surface area contributed by atoms with E-state index >= 15 is 0 Å². The molecular weight excluding hydrogens is 1030 g/mol. The number of carbonyl (C=O) groups is 1. The van der Waals surface area contributed by atoms with E-state index in [1.165, 1.54) is 231 Å². The van der Waals surface area contributed by atoms with Crippen LogP contribution < -0.4 is 5.32 Å². The van der Waals surface area contributed by atoms with Crippen molar-refractivity contribution < 1.29 is 32.9 Å². The Morgan fingerprint density at radius 2 is 0.744 bits per heavy atom. The van der Waals surface area contributed by atoms with Crippen molar-refractivity contribution in [3.05, 3.63) is 85.1 Å². The summed E-state index contributed by atoms with van der Waals surface area (Å²) in [5.74, 6) is -0.187. The van der Waals surface area contributed by atoms with Crippen molar-refractivity contribution in [3.63, 3.8) is 0 Å². The van der Waals surface area contributed by atoms with Crippen molar-refractivity contribution in [3.8, 4) is 0 Å². The molecule has 0 rings (SSSR count). The maximum absolute atomic E-state index is 13.0. The van der Waals surface area contributed by atoms with Crippen LogP contribution in [0.3, 0.4) is 0 Å². The third kappa shape index (κ3) is 65.2. The highest BCUT2D eigenvalue weighted by molar-refractivity contribution is 7.47. The van der Waals surface area contributed by atoms with Crippen LogP contribution in [-0.4, -0.2) is 73.4 Å². The number of hydrogen-bond acceptors (Lipinski definition) is 5. The predicted octanol–water partition coefficient (Wildman–Crippen LogP) is 22.3. The molecule has 82 heavy (non-hydrogen) atoms. The van der Waals surface area contributed by atoms with E-state index in [-0.39, 0.29) is 19.1 Å². The van der Waals surface area contributed by atoms with Gasteiger partial charge in [0, 0.05) is 6.42 Å². The summed E-state index contributed by atoms with van der Waals surface area (Å²) in [5, 5.41) is 14.0. The molecule has 0 bridgehead atoms. The molecule has 0 aromatic heterocycles. The van der Waals surface area contributed by atoms with Gasteiger partial charge in [0.25, 0.3) is 0 Å². The molecular formula is C73H136N2O6P+. The normalized spacial score (nSPS) is 14.2. The number of quaternary nitrogens is 1. The number of rotatable bonds is 64. The summed E-state index contributed by atoms with van der Waals surface area (Å²) in [5.41, 5.74) is 0. The zero-order valence-corrected chi connectivity index (χ0v) is 55.6. The highest BCUT2D eigenvalue weighted by Gasteiger charge is 2.28. The van der Waals surface area contributed by atoms with Crippen molar-refractivity contribution in [1.29, 1.82) is 0 Å². The Morgan fingerprint density at radius 1 is 0.427 bits per heavy atom. The Balaban J connectivity index is 4.12. The Bertz CT molecular complexity index is 1610. The minimum absolute atomic E-state index is 0.0534. The third-order valence-electron chi connectivity index (χ3n) is 15.6. The van der Waals surface area contributed by atoms with Crippen LogP contribution in [0.5, 0.6) is 0 Å². The van der Waals surface area contributed by atoms with Crippen LogP contribution >= 0.6 is 7.82 Å². The molecule has 0 spiro atoms. The monoisotopic (exact) mass is 1170 g/mol. The van der Waals surface area contributed by atoms with E-state index in [0.29, 0.717) is 17.4 Å². The second-order valence-electron chi connectivity index (χ2n) is 24.9. The molecule has 8 nitrogen and oxygen atoms in total. The number of nitrogens with zero attached hydrogens (tertiary/aromatic N) is 1. The highest BCUT2D eigenvalue weighted by Crippen LogP contribution is 2.43. The van der Waals surface area contributed by atoms with Crippen LogP contribution in [-0.2, 0) is 18.4 Å². The largest absolute Gasteiger partial charge is 0.472 e. The number of carbonyl (C=O) groups excluding carboxylic acids is 1. The second kappa shape index (κ2) is 63.2. The average Bonchev–Trinajstić information content (AvgIpc) is 3.47. The summed E-state index contributed by atoms with van der Waals surface area (Å²) in [6, 6.07) is -0.870. The number of likely N-dealkylation sites (N-methyl/N-ethyl adjacent to an activating group) is 1. The Hall–Kier alpha value is -2.32. The molecule has 1 amide bonds. The Kier molecular flexibility index (Phi) is 61.4. The van der Waals surface area contributed by atoms with Gasteiger partial charge in [-0.15, -0.1) is 0 Å². The van der Waals surface area contributed by atoms with E-state index < -0.39 is 20.0 Å². The lowest BCUT2D eigenvalue weighted by atomic mass is 10.0. The lowest BCUT2D eigenvalue weighted by molar-refractivity contribution is -0.870. The number of aliphatic hydroxyl groups is 1. The number of phosphoric ester groups is 1. The fourth-order valence-electron chi connectivity index (χ4n) is 10.2. The molecule has 3 N–H and O–H groups in total. The number of aliphatic hydroxyl groups excluding tert-OH is 1. The molecule has 0 radical (unpaired) electrons. The first-order chi connectivity index (χ1) is 40.0. The first-order valence-electron chi connectivity index (χ1n) is 35.0. The molecule has 0 aliphatic rings. The molecule has 478 valence electrons. The standard InChI is InChI=1S/C73H135N2O6P/c1-6-8-10-12-14-16-18-20-22-24-26-28-30-32-34-36-37-39-40-42-44-46-48-50-52-54-56-58-60-62-64-66-72(76)71(70-81-82(78,79)80-69-68-75(3,4)5)74-73(77)67-65-63-61-59-57-55-53-51-49-47-45-43-41-38-35-33-31-29-27-25-23-21-19-17-15-13-11-9-7-2/h9,11,15,17,21,23,27,29,33,35,56,58,64,66,71-72,76H,6-8,10,12-14,16,18-20,22,24-26,28,30-32,34,36-55,57,59-63,65,67-70H2,1-5H3,(H-,74,77,78,79)/p+1/b11-9-,17-15-,23-21-,29-27-,35-33-,58-56+,66-64+. The Labute approximate surface area is 509 Å². The lowest BCUT2D eigenvalue weighted by Gasteiger charge is -2.25. The fraction of sp³-hybridized carbons (Fsp3) is 0.795. The number of nitrogens with one attached hydrogen (secondary N) is 1. The number of phosphoric acid groups is 1. The molecule has 3 atom stereocenters. The van der Waals surface area contributed by atoms with Gasteiger partial charge in [-0.05, 0) is 77.0 Å². The van der Waals surface area contributed by atoms with Crippen LogP contribution in [0.1, 0.15) is 322 Å². The lowest BCUT2D eigenvalue weighted by Crippen LogP contribution is -2.45. The van der Waals surface area contributed by atoms with Crippen LogP contribution in [0.2, 0.25) is 0 Å². The van der Waals surface area contributed by atoms with Gasteiger partial charge in [-0.1, -0.05) is 324 Å². The number of unbranched alkanes of at least 4 members (excludes halogenated alkanes) is 39. The van der Waals surface area contributed by atoms with E-state index in [2.05, 4.69) is 92.1 Å². The molecule has 0 heterocycles. The molecule has 0 saturated heterocycles. The summed E-state index contributed by atoms with van der Waals surface area (Å²) in [6.45, 7) is 4.72. The van der Waals surface area contributed by atoms with Gasteiger partial charge >= 0.3 is 7.82 Å². The van der Waals surface area contributed by atoms with Crippen molar-refractivity contribution in [1.82, 2.24) is 5.32 Å². The van der Waals surface area contributed by atoms with Gasteiger partial charge in [-0.2, -0.15) is 0 Å². The van der Waals surface area contributed by atoms with E-state index in [0.717, 1.165) is 70.6 Å². The maximum atomic E-state index is 13.0. The smallest absolute Gasteiger partial charge is 0.387 e. The quantitative estimate of drug-likeness (QED) is 0.0243. The van der Waals surface area contributed by atoms with Crippen molar-refractivity contribution in [2.45, 2.75) is 334 Å². The van der Waals surface area contributed by atoms with Gasteiger partial charge in [0.2, 0.25) is 5.91 Å². The van der Waals surface area contributed by atoms with Gasteiger partial charge in [-0.25, -0.2) is 4.57 Å². The summed E-state index contributed by atoms with van der Waals surface area (Å²) < 4.78 is 23.8. The SMILES string of the molecule is CC/C=C\C/C=C\C/C=C\C/C=C\C/C=C\CCCCCCCCCCCCCCCC(=O)NC(COP(=O)(O)OCC[N+](C)(C)C)C(O)/C=C/CC/C=C/CCCCCCCCCCCCCCCCCCCCCCCCCCC. The van der Waals surface area contributed by atoms with E-state index in [9.17, 15) is 19.4 Å². The van der Waals surface area contributed by atoms with Gasteiger partial charge in [0.1, 0.15) is 13.2 Å². The topological polar surface area (TPSA) is 105 Å². The zero-order chi connectivity index (χ0) is 59.8. The van der Waals surface area contributed by atoms with Crippen molar-refractivity contribution in [2.75, 3.05) is 40.9 Å². The van der Waals surface area contributed by atoms with Crippen molar-refractivity contribution >= 4 is 13.7 Å². The zero-order valence-electron chi connectivity index (χ0n) is 54.7. The third-order valence-corrected chi connectivity index (χ3v) is 16.6. The molecule has 0 saturated carbocycles. The maximum Gasteiger partial charge on any atom is 0.472 e. The summed E-state index contributed by atoms with van der Waals surface area (Å²) in [6.07, 6.45) is 90.2. The van der Waals surface area contributed by atoms with Crippen LogP contribution in [0.25, 0.3) is 0 Å². The van der Waals surface area contributed by atoms with Crippen LogP contribution in [0, 0.1) is 0 Å². The molecule has 0 fully saturated rings. The van der Waals surface area contributed by atoms with Gasteiger partial charge < -0.3 is 19.8 Å². The number of hydrogen-bond donors (Lipinski definition) is 3. The van der Waals surface area contributed by atoms with Crippen molar-refractivity contribution in [2.24, 2.45) is 0 Å². The predicted molar refractivity (Wildman–Crippen MR) is 360 cm³/mol. The first-order valence-corrected chi connectivity index (χ1v) is 36.5. The van der Waals surface area contributed by atoms with E-state index in [1.54, 1.807) is 6.08 Å². The summed E-state index contributed by atoms with van der Waals surface area (Å²) in [7, 11) is 1.56.